The van der Waals surface area contributed by atoms with E-state index in [1.807, 2.05) is 13.0 Å². The molecule has 3 aromatic heterocycles. The van der Waals surface area contributed by atoms with Gasteiger partial charge in [-0.3, -0.25) is 4.79 Å². The SMILES string of the molecule is CC(=O)N1CCN(C(=O)Oc2c3nccnc3c(O)n2-c2ccc(C)cn2)CC1. The summed E-state index contributed by atoms with van der Waals surface area (Å²) in [5.41, 5.74) is 1.41. The molecule has 4 heterocycles. The van der Waals surface area contributed by atoms with Crippen molar-refractivity contribution in [2.45, 2.75) is 13.8 Å². The molecule has 3 aromatic rings. The number of aromatic nitrogens is 4. The third-order valence-corrected chi connectivity index (χ3v) is 4.82. The number of piperazine rings is 1. The fourth-order valence-corrected chi connectivity index (χ4v) is 3.22. The lowest BCUT2D eigenvalue weighted by Gasteiger charge is -2.33. The van der Waals surface area contributed by atoms with Crippen LogP contribution in [0.25, 0.3) is 16.9 Å². The Hall–Kier alpha value is -3.69. The lowest BCUT2D eigenvalue weighted by molar-refractivity contribution is -0.130. The van der Waals surface area contributed by atoms with E-state index in [9.17, 15) is 14.7 Å². The first-order valence-electron chi connectivity index (χ1n) is 9.15. The third kappa shape index (κ3) is 3.44. The maximum absolute atomic E-state index is 12.8. The van der Waals surface area contributed by atoms with Gasteiger partial charge in [0.2, 0.25) is 17.7 Å². The summed E-state index contributed by atoms with van der Waals surface area (Å²) in [6, 6.07) is 3.54. The minimum Gasteiger partial charge on any atom is -0.493 e. The average molecular weight is 396 g/mol. The van der Waals surface area contributed by atoms with Crippen LogP contribution < -0.4 is 4.74 Å². The Labute approximate surface area is 166 Å². The van der Waals surface area contributed by atoms with E-state index in [4.69, 9.17) is 4.74 Å². The van der Waals surface area contributed by atoms with Crippen molar-refractivity contribution in [1.29, 1.82) is 0 Å². The second-order valence-corrected chi connectivity index (χ2v) is 6.77. The molecule has 2 amide bonds. The van der Waals surface area contributed by atoms with Crippen molar-refractivity contribution in [3.8, 4) is 17.6 Å². The monoisotopic (exact) mass is 396 g/mol. The number of fused-ring (bicyclic) bond motifs is 1. The van der Waals surface area contributed by atoms with Gasteiger partial charge in [0.15, 0.2) is 11.0 Å². The summed E-state index contributed by atoms with van der Waals surface area (Å²) >= 11 is 0. The molecule has 1 fully saturated rings. The van der Waals surface area contributed by atoms with E-state index in [1.54, 1.807) is 17.2 Å². The van der Waals surface area contributed by atoms with Crippen LogP contribution in [0.2, 0.25) is 0 Å². The Balaban J connectivity index is 1.68. The molecule has 0 aliphatic carbocycles. The van der Waals surface area contributed by atoms with Crippen molar-refractivity contribution in [2.24, 2.45) is 0 Å². The molecule has 1 aliphatic rings. The summed E-state index contributed by atoms with van der Waals surface area (Å²) in [5, 5.41) is 10.7. The van der Waals surface area contributed by atoms with E-state index < -0.39 is 6.09 Å². The van der Waals surface area contributed by atoms with Crippen molar-refractivity contribution in [2.75, 3.05) is 26.2 Å². The normalized spacial score (nSPS) is 14.3. The molecule has 0 unspecified atom stereocenters. The summed E-state index contributed by atoms with van der Waals surface area (Å²) in [6.07, 6.45) is 3.96. The zero-order valence-electron chi connectivity index (χ0n) is 16.1. The molecular formula is C19H20N6O4. The summed E-state index contributed by atoms with van der Waals surface area (Å²) in [6.45, 7) is 5.00. The number of aromatic hydroxyl groups is 1. The van der Waals surface area contributed by atoms with Crippen molar-refractivity contribution in [1.82, 2.24) is 29.3 Å². The molecule has 0 aromatic carbocycles. The van der Waals surface area contributed by atoms with Crippen molar-refractivity contribution in [3.63, 3.8) is 0 Å². The molecule has 1 N–H and O–H groups in total. The first kappa shape index (κ1) is 18.7. The molecule has 0 saturated carbocycles. The Kier molecular flexibility index (Phi) is 4.75. The summed E-state index contributed by atoms with van der Waals surface area (Å²) in [4.78, 5) is 40.1. The molecule has 29 heavy (non-hydrogen) atoms. The van der Waals surface area contributed by atoms with Gasteiger partial charge >= 0.3 is 6.09 Å². The van der Waals surface area contributed by atoms with Gasteiger partial charge in [-0.25, -0.2) is 24.3 Å². The highest BCUT2D eigenvalue weighted by atomic mass is 16.6. The summed E-state index contributed by atoms with van der Waals surface area (Å²) < 4.78 is 6.96. The second-order valence-electron chi connectivity index (χ2n) is 6.77. The number of carbonyl (C=O) groups excluding carboxylic acids is 2. The van der Waals surface area contributed by atoms with Crippen molar-refractivity contribution >= 4 is 23.0 Å². The van der Waals surface area contributed by atoms with Crippen LogP contribution >= 0.6 is 0 Å². The first-order valence-corrected chi connectivity index (χ1v) is 9.15. The molecule has 0 bridgehead atoms. The number of hydrogen-bond acceptors (Lipinski definition) is 7. The van der Waals surface area contributed by atoms with Crippen LogP contribution in [0.1, 0.15) is 12.5 Å². The summed E-state index contributed by atoms with van der Waals surface area (Å²) in [5.74, 6) is 0.176. The molecular weight excluding hydrogens is 376 g/mol. The van der Waals surface area contributed by atoms with Crippen LogP contribution in [0.3, 0.4) is 0 Å². The largest absolute Gasteiger partial charge is 0.493 e. The van der Waals surface area contributed by atoms with Gasteiger partial charge in [0, 0.05) is 51.7 Å². The molecule has 150 valence electrons. The number of carbonyl (C=O) groups is 2. The van der Waals surface area contributed by atoms with Gasteiger partial charge in [-0.05, 0) is 18.6 Å². The zero-order valence-corrected chi connectivity index (χ0v) is 16.1. The second kappa shape index (κ2) is 7.38. The van der Waals surface area contributed by atoms with Crippen LogP contribution in [-0.2, 0) is 4.79 Å². The topological polar surface area (TPSA) is 114 Å². The Morgan fingerprint density at radius 2 is 1.66 bits per heavy atom. The van der Waals surface area contributed by atoms with Crippen LogP contribution in [0, 0.1) is 6.92 Å². The first-order chi connectivity index (χ1) is 14.0. The molecule has 0 radical (unpaired) electrons. The highest BCUT2D eigenvalue weighted by Crippen LogP contribution is 2.36. The lowest BCUT2D eigenvalue weighted by atomic mass is 10.3. The number of ether oxygens (including phenoxy) is 1. The molecule has 0 spiro atoms. The highest BCUT2D eigenvalue weighted by molar-refractivity contribution is 5.89. The van der Waals surface area contributed by atoms with Gasteiger partial charge in [0.1, 0.15) is 5.82 Å². The minimum atomic E-state index is -0.591. The average Bonchev–Trinajstić information content (AvgIpc) is 3.01. The molecule has 1 saturated heterocycles. The van der Waals surface area contributed by atoms with E-state index in [0.717, 1.165) is 5.56 Å². The number of rotatable bonds is 2. The predicted octanol–water partition coefficient (Wildman–Crippen LogP) is 1.49. The Morgan fingerprint density at radius 3 is 2.28 bits per heavy atom. The number of aryl methyl sites for hydroxylation is 1. The number of amides is 2. The van der Waals surface area contributed by atoms with Crippen LogP contribution in [-0.4, -0.2) is 72.6 Å². The molecule has 1 aliphatic heterocycles. The maximum atomic E-state index is 12.8. The van der Waals surface area contributed by atoms with E-state index in [1.165, 1.54) is 28.8 Å². The van der Waals surface area contributed by atoms with Crippen molar-refractivity contribution < 1.29 is 19.4 Å². The Morgan fingerprint density at radius 1 is 1.00 bits per heavy atom. The van der Waals surface area contributed by atoms with E-state index in [0.29, 0.717) is 32.0 Å². The molecule has 4 rings (SSSR count). The lowest BCUT2D eigenvalue weighted by Crippen LogP contribution is -2.50. The quantitative estimate of drug-likeness (QED) is 0.698. The predicted molar refractivity (Wildman–Crippen MR) is 103 cm³/mol. The van der Waals surface area contributed by atoms with Crippen LogP contribution in [0.5, 0.6) is 11.8 Å². The highest BCUT2D eigenvalue weighted by Gasteiger charge is 2.28. The van der Waals surface area contributed by atoms with E-state index in [-0.39, 0.29) is 28.7 Å². The Bertz CT molecular complexity index is 1070. The molecule has 0 atom stereocenters. The maximum Gasteiger partial charge on any atom is 0.416 e. The smallest absolute Gasteiger partial charge is 0.416 e. The van der Waals surface area contributed by atoms with Gasteiger partial charge in [-0.1, -0.05) is 6.07 Å². The van der Waals surface area contributed by atoms with E-state index >= 15 is 0 Å². The number of hydrogen-bond donors (Lipinski definition) is 1. The fraction of sp³-hybridized carbons (Fsp3) is 0.316. The number of nitrogens with zero attached hydrogens (tertiary/aromatic N) is 6. The fourth-order valence-electron chi connectivity index (χ4n) is 3.22. The van der Waals surface area contributed by atoms with Crippen LogP contribution in [0.4, 0.5) is 4.79 Å². The zero-order chi connectivity index (χ0) is 20.5. The van der Waals surface area contributed by atoms with Crippen LogP contribution in [0.15, 0.2) is 30.7 Å². The van der Waals surface area contributed by atoms with Gasteiger partial charge < -0.3 is 19.6 Å². The minimum absolute atomic E-state index is 0.0245. The number of pyridine rings is 1. The third-order valence-electron chi connectivity index (χ3n) is 4.82. The molecule has 10 heteroatoms. The van der Waals surface area contributed by atoms with Crippen molar-refractivity contribution in [3.05, 3.63) is 36.3 Å². The van der Waals surface area contributed by atoms with E-state index in [2.05, 4.69) is 15.0 Å². The molecule has 10 nitrogen and oxygen atoms in total. The summed E-state index contributed by atoms with van der Waals surface area (Å²) in [7, 11) is 0. The van der Waals surface area contributed by atoms with Gasteiger partial charge in [-0.15, -0.1) is 0 Å². The van der Waals surface area contributed by atoms with Gasteiger partial charge in [0.25, 0.3) is 0 Å². The van der Waals surface area contributed by atoms with Gasteiger partial charge in [0.05, 0.1) is 0 Å². The standard InChI is InChI=1S/C19H20N6O4/c1-12-3-4-14(22-11-12)25-17(27)15-16(21-6-5-20-15)18(25)29-19(28)24-9-7-23(8-10-24)13(2)26/h3-6,11,27H,7-10H2,1-2H3. The van der Waals surface area contributed by atoms with Gasteiger partial charge in [-0.2, -0.15) is 0 Å².